The molecule has 0 spiro atoms. The molecule has 1 N–H and O–H groups in total. The van der Waals surface area contributed by atoms with Gasteiger partial charge in [0, 0.05) is 16.9 Å². The van der Waals surface area contributed by atoms with Crippen molar-refractivity contribution >= 4 is 37.7 Å². The van der Waals surface area contributed by atoms with Crippen LogP contribution in [-0.2, 0) is 26.7 Å². The Balaban J connectivity index is 2.36. The van der Waals surface area contributed by atoms with Crippen LogP contribution in [0.2, 0.25) is 0 Å². The minimum atomic E-state index is -4.74. The van der Waals surface area contributed by atoms with Crippen LogP contribution in [0.3, 0.4) is 0 Å². The van der Waals surface area contributed by atoms with Crippen molar-refractivity contribution < 1.29 is 31.1 Å². The van der Waals surface area contributed by atoms with Crippen LogP contribution in [0.5, 0.6) is 0 Å². The van der Waals surface area contributed by atoms with E-state index in [0.29, 0.717) is 0 Å². The number of esters is 1. The number of alkyl halides is 3. The summed E-state index contributed by atoms with van der Waals surface area (Å²) in [4.78, 5) is 18.9. The molecule has 1 heterocycles. The third-order valence-corrected chi connectivity index (χ3v) is 4.74. The van der Waals surface area contributed by atoms with E-state index in [1.165, 1.54) is 6.07 Å². The minimum absolute atomic E-state index is 0.154. The fraction of sp³-hybridized carbons (Fsp3) is 0.214. The maximum Gasteiger partial charge on any atom is 0.416 e. The highest BCUT2D eigenvalue weighted by atomic mass is 79.9. The number of ether oxygens (including phenoxy) is 1. The lowest BCUT2D eigenvalue weighted by Crippen LogP contribution is -2.21. The fourth-order valence-corrected chi connectivity index (χ4v) is 3.52. The number of hydrogen-bond acceptors (Lipinski definition) is 6. The molecule has 0 bridgehead atoms. The number of aromatic nitrogens is 2. The Labute approximate surface area is 154 Å². The molecule has 12 heteroatoms. The molecule has 140 valence electrons. The number of carbonyl (C=O) groups excluding carboxylic acids is 1. The van der Waals surface area contributed by atoms with Gasteiger partial charge in [-0.25, -0.2) is 23.2 Å². The zero-order valence-electron chi connectivity index (χ0n) is 13.0. The Morgan fingerprint density at radius 2 is 1.92 bits per heavy atom. The summed E-state index contributed by atoms with van der Waals surface area (Å²) in [7, 11) is -3.26. The molecule has 0 atom stereocenters. The Hall–Kier alpha value is -2.21. The molecule has 2 aromatic rings. The monoisotopic (exact) mass is 453 g/mol. The summed E-state index contributed by atoms with van der Waals surface area (Å²) in [6, 6.07) is 3.12. The van der Waals surface area contributed by atoms with E-state index in [2.05, 4.69) is 30.6 Å². The summed E-state index contributed by atoms with van der Waals surface area (Å²) < 4.78 is 70.5. The van der Waals surface area contributed by atoms with Gasteiger partial charge < -0.3 is 4.74 Å². The molecule has 7 nitrogen and oxygen atoms in total. The molecule has 0 fully saturated rings. The van der Waals surface area contributed by atoms with Crippen molar-refractivity contribution in [1.29, 1.82) is 0 Å². The molecule has 0 aliphatic heterocycles. The van der Waals surface area contributed by atoms with Gasteiger partial charge in [-0.1, -0.05) is 22.0 Å². The number of rotatable bonds is 5. The van der Waals surface area contributed by atoms with E-state index in [0.717, 1.165) is 31.6 Å². The lowest BCUT2D eigenvalue weighted by atomic mass is 10.1. The van der Waals surface area contributed by atoms with Gasteiger partial charge in [0.15, 0.2) is 11.5 Å². The van der Waals surface area contributed by atoms with Crippen molar-refractivity contribution in [2.24, 2.45) is 0 Å². The molecule has 0 aliphatic rings. The number of nitrogens with zero attached hydrogens (tertiary/aromatic N) is 2. The summed E-state index contributed by atoms with van der Waals surface area (Å²) in [5.41, 5.74) is -1.97. The van der Waals surface area contributed by atoms with E-state index in [-0.39, 0.29) is 4.47 Å². The second kappa shape index (κ2) is 7.58. The van der Waals surface area contributed by atoms with Crippen LogP contribution in [0.15, 0.2) is 35.1 Å². The smallest absolute Gasteiger partial charge is 0.416 e. The first-order chi connectivity index (χ1) is 12.0. The molecule has 26 heavy (non-hydrogen) atoms. The maximum atomic E-state index is 13.1. The van der Waals surface area contributed by atoms with Gasteiger partial charge in [0.25, 0.3) is 0 Å². The molecular weight excluding hydrogens is 443 g/mol. The number of nitrogens with one attached hydrogen (secondary N) is 1. The quantitative estimate of drug-likeness (QED) is 0.698. The topological polar surface area (TPSA) is 98.2 Å². The predicted octanol–water partition coefficient (Wildman–Crippen LogP) is 2.99. The number of halogens is 4. The first-order valence-corrected chi connectivity index (χ1v) is 9.23. The van der Waals surface area contributed by atoms with Gasteiger partial charge in [0.2, 0.25) is 10.0 Å². The number of anilines is 1. The van der Waals surface area contributed by atoms with E-state index in [9.17, 15) is 26.4 Å². The first kappa shape index (κ1) is 20.1. The van der Waals surface area contributed by atoms with Crippen LogP contribution in [0.25, 0.3) is 0 Å². The van der Waals surface area contributed by atoms with Crippen LogP contribution in [0, 0.1) is 0 Å². The largest absolute Gasteiger partial charge is 0.464 e. The number of hydrogen-bond donors (Lipinski definition) is 1. The molecule has 0 radical (unpaired) electrons. The van der Waals surface area contributed by atoms with Crippen molar-refractivity contribution in [2.45, 2.75) is 11.9 Å². The number of sulfonamides is 1. The van der Waals surface area contributed by atoms with Crippen LogP contribution in [0.4, 0.5) is 19.0 Å². The second-order valence-corrected chi connectivity index (χ2v) is 7.54. The zero-order valence-corrected chi connectivity index (χ0v) is 15.4. The van der Waals surface area contributed by atoms with E-state index < -0.39 is 50.6 Å². The normalized spacial score (nSPS) is 11.9. The highest BCUT2D eigenvalue weighted by Gasteiger charge is 2.35. The van der Waals surface area contributed by atoms with Crippen molar-refractivity contribution in [3.63, 3.8) is 0 Å². The lowest BCUT2D eigenvalue weighted by molar-refractivity contribution is -0.138. The maximum absolute atomic E-state index is 13.1. The molecule has 0 saturated heterocycles. The van der Waals surface area contributed by atoms with Gasteiger partial charge in [0.1, 0.15) is 0 Å². The molecule has 1 aromatic heterocycles. The number of benzene rings is 1. The van der Waals surface area contributed by atoms with Crippen molar-refractivity contribution in [2.75, 3.05) is 11.8 Å². The van der Waals surface area contributed by atoms with Gasteiger partial charge in [-0.2, -0.15) is 13.2 Å². The van der Waals surface area contributed by atoms with Crippen molar-refractivity contribution in [1.82, 2.24) is 9.97 Å². The first-order valence-electron chi connectivity index (χ1n) is 6.79. The predicted molar refractivity (Wildman–Crippen MR) is 88.8 cm³/mol. The highest BCUT2D eigenvalue weighted by Crippen LogP contribution is 2.34. The second-order valence-electron chi connectivity index (χ2n) is 4.91. The number of carbonyl (C=O) groups is 1. The van der Waals surface area contributed by atoms with Crippen LogP contribution in [-0.4, -0.2) is 31.5 Å². The molecule has 1 aromatic carbocycles. The van der Waals surface area contributed by atoms with Crippen molar-refractivity contribution in [3.05, 3.63) is 51.9 Å². The van der Waals surface area contributed by atoms with Crippen LogP contribution >= 0.6 is 15.9 Å². The highest BCUT2D eigenvalue weighted by molar-refractivity contribution is 9.10. The lowest BCUT2D eigenvalue weighted by Gasteiger charge is -2.14. The van der Waals surface area contributed by atoms with Crippen molar-refractivity contribution in [3.8, 4) is 0 Å². The van der Waals surface area contributed by atoms with Gasteiger partial charge in [-0.3, -0.25) is 4.72 Å². The van der Waals surface area contributed by atoms with Gasteiger partial charge in [-0.05, 0) is 17.7 Å². The third-order valence-electron chi connectivity index (χ3n) is 3.05. The van der Waals surface area contributed by atoms with E-state index in [1.54, 1.807) is 0 Å². The van der Waals surface area contributed by atoms with E-state index in [1.807, 2.05) is 4.72 Å². The summed E-state index contributed by atoms with van der Waals surface area (Å²) in [5.74, 6) is -2.37. The Morgan fingerprint density at radius 1 is 1.27 bits per heavy atom. The summed E-state index contributed by atoms with van der Waals surface area (Å²) in [6.07, 6.45) is -2.48. The summed E-state index contributed by atoms with van der Waals surface area (Å²) in [6.45, 7) is 0. The molecule has 0 amide bonds. The zero-order chi connectivity index (χ0) is 19.5. The van der Waals surface area contributed by atoms with Crippen LogP contribution in [0.1, 0.15) is 21.6 Å². The molecule has 2 rings (SSSR count). The Bertz CT molecular complexity index is 935. The molecular formula is C14H11BrF3N3O4S. The average Bonchev–Trinajstić information content (AvgIpc) is 2.54. The van der Waals surface area contributed by atoms with E-state index in [4.69, 9.17) is 0 Å². The SMILES string of the molecule is COC(=O)c1nccnc1NS(=O)(=O)Cc1ccc(Br)cc1C(F)(F)F. The fourth-order valence-electron chi connectivity index (χ4n) is 1.99. The van der Waals surface area contributed by atoms with Crippen LogP contribution < -0.4 is 4.72 Å². The van der Waals surface area contributed by atoms with Gasteiger partial charge in [0.05, 0.1) is 18.4 Å². The third kappa shape index (κ3) is 4.91. The Kier molecular flexibility index (Phi) is 5.86. The van der Waals surface area contributed by atoms with Gasteiger partial charge >= 0.3 is 12.1 Å². The molecule has 0 unspecified atom stereocenters. The number of methoxy groups -OCH3 is 1. The molecule has 0 aliphatic carbocycles. The summed E-state index contributed by atoms with van der Waals surface area (Å²) in [5, 5.41) is 0. The average molecular weight is 454 g/mol. The van der Waals surface area contributed by atoms with Gasteiger partial charge in [-0.15, -0.1) is 0 Å². The summed E-state index contributed by atoms with van der Waals surface area (Å²) >= 11 is 2.92. The molecule has 0 saturated carbocycles. The Morgan fingerprint density at radius 3 is 2.54 bits per heavy atom. The standard InChI is InChI=1S/C14H11BrF3N3O4S/c1-25-13(22)11-12(20-5-4-19-11)21-26(23,24)7-8-2-3-9(15)6-10(8)14(16,17)18/h2-6H,7H2,1H3,(H,20,21). The minimum Gasteiger partial charge on any atom is -0.464 e. The van der Waals surface area contributed by atoms with E-state index >= 15 is 0 Å².